The maximum absolute atomic E-state index is 12.7. The highest BCUT2D eigenvalue weighted by atomic mass is 32.1. The molecule has 0 saturated carbocycles. The average molecular weight is 429 g/mol. The van der Waals surface area contributed by atoms with E-state index in [-0.39, 0.29) is 23.8 Å². The summed E-state index contributed by atoms with van der Waals surface area (Å²) in [5.74, 6) is -0.244. The quantitative estimate of drug-likeness (QED) is 0.244. The van der Waals surface area contributed by atoms with Crippen molar-refractivity contribution in [3.05, 3.63) is 62.8 Å². The van der Waals surface area contributed by atoms with E-state index < -0.39 is 4.92 Å². The first kappa shape index (κ1) is 21.7. The zero-order chi connectivity index (χ0) is 21.8. The summed E-state index contributed by atoms with van der Waals surface area (Å²) >= 11 is 1.32. The van der Waals surface area contributed by atoms with Gasteiger partial charge in [-0.1, -0.05) is 0 Å². The van der Waals surface area contributed by atoms with Crippen molar-refractivity contribution in [1.82, 2.24) is 14.8 Å². The molecular formula is C21H24N4O4S. The third-order valence-corrected chi connectivity index (χ3v) is 5.87. The van der Waals surface area contributed by atoms with Gasteiger partial charge in [-0.2, -0.15) is 0 Å². The van der Waals surface area contributed by atoms with Crippen molar-refractivity contribution in [3.8, 4) is 0 Å². The van der Waals surface area contributed by atoms with Crippen molar-refractivity contribution in [3.63, 3.8) is 0 Å². The SMILES string of the molecule is CN(C)CCCNC(=O)c1cc(CC(=O)c2cc3cc([N+](=O)[O-])ccc3s2)cn1C. The number of fused-ring (bicyclic) bond motifs is 1. The molecule has 2 heterocycles. The maximum Gasteiger partial charge on any atom is 0.270 e. The minimum Gasteiger partial charge on any atom is -0.351 e. The molecule has 3 aromatic rings. The molecule has 0 fully saturated rings. The Hall–Kier alpha value is -3.04. The lowest BCUT2D eigenvalue weighted by molar-refractivity contribution is -0.384. The van der Waals surface area contributed by atoms with Crippen molar-refractivity contribution < 1.29 is 14.5 Å². The van der Waals surface area contributed by atoms with E-state index in [2.05, 4.69) is 10.2 Å². The lowest BCUT2D eigenvalue weighted by Crippen LogP contribution is -2.28. The number of amides is 1. The molecule has 0 aliphatic carbocycles. The minimum absolute atomic E-state index is 0.00333. The van der Waals surface area contributed by atoms with Gasteiger partial charge in [0.1, 0.15) is 5.69 Å². The van der Waals surface area contributed by atoms with Crippen LogP contribution in [0.5, 0.6) is 0 Å². The first-order valence-electron chi connectivity index (χ1n) is 9.54. The molecule has 0 atom stereocenters. The fourth-order valence-electron chi connectivity index (χ4n) is 3.20. The third-order valence-electron chi connectivity index (χ3n) is 4.71. The number of carbonyl (C=O) groups is 2. The van der Waals surface area contributed by atoms with E-state index in [0.29, 0.717) is 22.5 Å². The zero-order valence-electron chi connectivity index (χ0n) is 17.2. The van der Waals surface area contributed by atoms with Gasteiger partial charge in [0.05, 0.1) is 9.80 Å². The number of nitrogens with zero attached hydrogens (tertiary/aromatic N) is 3. The van der Waals surface area contributed by atoms with Crippen LogP contribution in [0.1, 0.15) is 32.1 Å². The highest BCUT2D eigenvalue weighted by Gasteiger charge is 2.17. The average Bonchev–Trinajstić information content (AvgIpc) is 3.27. The fourth-order valence-corrected chi connectivity index (χ4v) is 4.18. The van der Waals surface area contributed by atoms with Crippen LogP contribution in [0.25, 0.3) is 10.1 Å². The van der Waals surface area contributed by atoms with Crippen molar-refractivity contribution in [2.75, 3.05) is 27.2 Å². The van der Waals surface area contributed by atoms with Crippen molar-refractivity contribution in [1.29, 1.82) is 0 Å². The monoisotopic (exact) mass is 428 g/mol. The van der Waals surface area contributed by atoms with Gasteiger partial charge in [0.25, 0.3) is 11.6 Å². The highest BCUT2D eigenvalue weighted by Crippen LogP contribution is 2.29. The molecule has 3 rings (SSSR count). The van der Waals surface area contributed by atoms with Gasteiger partial charge in [0, 0.05) is 43.0 Å². The number of Topliss-reactive ketones (excluding diaryl/α,β-unsaturated/α-hetero) is 1. The van der Waals surface area contributed by atoms with Crippen LogP contribution in [0.4, 0.5) is 5.69 Å². The number of hydrogen-bond donors (Lipinski definition) is 1. The van der Waals surface area contributed by atoms with Gasteiger partial charge in [-0.3, -0.25) is 19.7 Å². The van der Waals surface area contributed by atoms with Crippen LogP contribution in [0, 0.1) is 10.1 Å². The van der Waals surface area contributed by atoms with E-state index in [9.17, 15) is 19.7 Å². The van der Waals surface area contributed by atoms with Gasteiger partial charge in [-0.25, -0.2) is 0 Å². The van der Waals surface area contributed by atoms with Crippen LogP contribution < -0.4 is 5.32 Å². The summed E-state index contributed by atoms with van der Waals surface area (Å²) in [5.41, 5.74) is 1.27. The summed E-state index contributed by atoms with van der Waals surface area (Å²) in [7, 11) is 5.75. The van der Waals surface area contributed by atoms with Gasteiger partial charge >= 0.3 is 0 Å². The molecule has 0 spiro atoms. The number of aromatic nitrogens is 1. The smallest absolute Gasteiger partial charge is 0.270 e. The van der Waals surface area contributed by atoms with E-state index in [1.807, 2.05) is 14.1 Å². The van der Waals surface area contributed by atoms with Crippen molar-refractivity contribution in [2.24, 2.45) is 7.05 Å². The molecular weight excluding hydrogens is 404 g/mol. The van der Waals surface area contributed by atoms with E-state index in [0.717, 1.165) is 23.2 Å². The molecule has 1 aromatic carbocycles. The molecule has 30 heavy (non-hydrogen) atoms. The molecule has 8 nitrogen and oxygen atoms in total. The maximum atomic E-state index is 12.7. The van der Waals surface area contributed by atoms with Gasteiger partial charge in [-0.15, -0.1) is 11.3 Å². The Morgan fingerprint density at radius 2 is 2.00 bits per heavy atom. The number of nitrogens with one attached hydrogen (secondary N) is 1. The second-order valence-corrected chi connectivity index (χ2v) is 8.53. The van der Waals surface area contributed by atoms with E-state index in [4.69, 9.17) is 0 Å². The molecule has 0 radical (unpaired) electrons. The summed E-state index contributed by atoms with van der Waals surface area (Å²) in [6.45, 7) is 1.48. The first-order valence-corrected chi connectivity index (χ1v) is 10.4. The summed E-state index contributed by atoms with van der Waals surface area (Å²) in [6, 6.07) is 8.00. The van der Waals surface area contributed by atoms with Gasteiger partial charge in [0.15, 0.2) is 5.78 Å². The number of benzene rings is 1. The number of ketones is 1. The van der Waals surface area contributed by atoms with Crippen LogP contribution in [0.3, 0.4) is 0 Å². The van der Waals surface area contributed by atoms with Gasteiger partial charge in [-0.05, 0) is 56.2 Å². The number of hydrogen-bond acceptors (Lipinski definition) is 6. The fraction of sp³-hybridized carbons (Fsp3) is 0.333. The van der Waals surface area contributed by atoms with Gasteiger partial charge in [0.2, 0.25) is 0 Å². The largest absolute Gasteiger partial charge is 0.351 e. The number of thiophene rings is 1. The molecule has 1 N–H and O–H groups in total. The number of rotatable bonds is 9. The molecule has 0 saturated heterocycles. The molecule has 158 valence electrons. The first-order chi connectivity index (χ1) is 14.2. The Morgan fingerprint density at radius 1 is 1.23 bits per heavy atom. The number of carbonyl (C=O) groups excluding carboxylic acids is 2. The summed E-state index contributed by atoms with van der Waals surface area (Å²) < 4.78 is 2.55. The Morgan fingerprint density at radius 3 is 2.70 bits per heavy atom. The number of aryl methyl sites for hydroxylation is 1. The van der Waals surface area contributed by atoms with E-state index >= 15 is 0 Å². The zero-order valence-corrected chi connectivity index (χ0v) is 18.0. The Kier molecular flexibility index (Phi) is 6.63. The number of nitro groups is 1. The second kappa shape index (κ2) is 9.19. The summed E-state index contributed by atoms with van der Waals surface area (Å²) in [5, 5.41) is 14.5. The van der Waals surface area contributed by atoms with Crippen LogP contribution in [0.2, 0.25) is 0 Å². The number of nitro benzene ring substituents is 1. The summed E-state index contributed by atoms with van der Waals surface area (Å²) in [4.78, 5) is 38.2. The highest BCUT2D eigenvalue weighted by molar-refractivity contribution is 7.20. The molecule has 9 heteroatoms. The topological polar surface area (TPSA) is 97.5 Å². The predicted octanol–water partition coefficient (Wildman–Crippen LogP) is 3.25. The predicted molar refractivity (Wildman–Crippen MR) is 117 cm³/mol. The standard InChI is InChI=1S/C21H24N4O4S/c1-23(2)8-4-7-22-21(27)17-9-14(13-24(17)3)10-18(26)20-12-15-11-16(25(28)29)5-6-19(15)30-20/h5-6,9,11-13H,4,7-8,10H2,1-3H3,(H,22,27). The van der Waals surface area contributed by atoms with Crippen LogP contribution in [-0.4, -0.2) is 53.3 Å². The molecule has 0 bridgehead atoms. The van der Waals surface area contributed by atoms with Crippen LogP contribution >= 0.6 is 11.3 Å². The normalized spacial score (nSPS) is 11.2. The Bertz CT molecular complexity index is 1100. The van der Waals surface area contributed by atoms with Gasteiger partial charge < -0.3 is 14.8 Å². The summed E-state index contributed by atoms with van der Waals surface area (Å²) in [6.07, 6.45) is 2.81. The third kappa shape index (κ3) is 5.11. The van der Waals surface area contributed by atoms with Crippen molar-refractivity contribution in [2.45, 2.75) is 12.8 Å². The Labute approximate surface area is 178 Å². The lowest BCUT2D eigenvalue weighted by Gasteiger charge is -2.10. The molecule has 0 unspecified atom stereocenters. The Balaban J connectivity index is 1.67. The second-order valence-electron chi connectivity index (χ2n) is 7.45. The van der Waals surface area contributed by atoms with Crippen LogP contribution in [-0.2, 0) is 13.5 Å². The molecule has 1 amide bonds. The molecule has 2 aromatic heterocycles. The van der Waals surface area contributed by atoms with Crippen molar-refractivity contribution >= 4 is 38.8 Å². The van der Waals surface area contributed by atoms with E-state index in [1.54, 1.807) is 36.0 Å². The minimum atomic E-state index is -0.449. The molecule has 0 aliphatic rings. The lowest BCUT2D eigenvalue weighted by atomic mass is 10.1. The van der Waals surface area contributed by atoms with Crippen LogP contribution in [0.15, 0.2) is 36.5 Å². The number of non-ortho nitro benzene ring substituents is 1. The molecule has 0 aliphatic heterocycles. The van der Waals surface area contributed by atoms with E-state index in [1.165, 1.54) is 23.5 Å².